The summed E-state index contributed by atoms with van der Waals surface area (Å²) in [5, 5.41) is 0. The number of hydrogen-bond acceptors (Lipinski definition) is 3. The maximum Gasteiger partial charge on any atom is 0.0659 e. The molecule has 1 rings (SSSR count). The van der Waals surface area contributed by atoms with Gasteiger partial charge in [0.05, 0.1) is 12.1 Å². The van der Waals surface area contributed by atoms with Gasteiger partial charge in [-0.15, -0.1) is 0 Å². The van der Waals surface area contributed by atoms with Crippen molar-refractivity contribution in [2.24, 2.45) is 11.7 Å². The van der Waals surface area contributed by atoms with Gasteiger partial charge in [-0.3, -0.25) is 4.90 Å². The molecule has 1 atom stereocenters. The fourth-order valence-electron chi connectivity index (χ4n) is 3.40. The van der Waals surface area contributed by atoms with Gasteiger partial charge in [-0.25, -0.2) is 0 Å². The lowest BCUT2D eigenvalue weighted by molar-refractivity contribution is -0.0164. The molecular weight excluding hydrogens is 236 g/mol. The van der Waals surface area contributed by atoms with Crippen LogP contribution in [0.3, 0.4) is 0 Å². The molecule has 0 bridgehead atoms. The van der Waals surface area contributed by atoms with Crippen LogP contribution in [-0.2, 0) is 4.74 Å². The summed E-state index contributed by atoms with van der Waals surface area (Å²) in [7, 11) is 1.80. The lowest BCUT2D eigenvalue weighted by Gasteiger charge is -2.46. The highest BCUT2D eigenvalue weighted by Crippen LogP contribution is 2.31. The predicted molar refractivity (Wildman–Crippen MR) is 82.4 cm³/mol. The van der Waals surface area contributed by atoms with Crippen molar-refractivity contribution in [3.63, 3.8) is 0 Å². The van der Waals surface area contributed by atoms with Gasteiger partial charge >= 0.3 is 0 Å². The molecule has 1 aliphatic carbocycles. The minimum Gasteiger partial charge on any atom is -0.383 e. The number of rotatable bonds is 9. The zero-order valence-corrected chi connectivity index (χ0v) is 13.5. The molecule has 0 aromatic heterocycles. The Hall–Kier alpha value is -0.120. The fraction of sp³-hybridized carbons (Fsp3) is 1.00. The summed E-state index contributed by atoms with van der Waals surface area (Å²) in [6.45, 7) is 9.49. The highest BCUT2D eigenvalue weighted by atomic mass is 16.5. The van der Waals surface area contributed by atoms with E-state index in [1.54, 1.807) is 7.11 Å². The van der Waals surface area contributed by atoms with E-state index >= 15 is 0 Å². The zero-order chi connectivity index (χ0) is 14.3. The zero-order valence-electron chi connectivity index (χ0n) is 13.5. The van der Waals surface area contributed by atoms with E-state index < -0.39 is 0 Å². The standard InChI is InChI=1S/C16H34N2O/c1-5-16(12-17,13-19-4)18(11-10-14(2)3)15-8-6-7-9-15/h14-15H,5-13,17H2,1-4H3. The Morgan fingerprint density at radius 2 is 1.95 bits per heavy atom. The third-order valence-corrected chi connectivity index (χ3v) is 4.77. The molecule has 1 saturated carbocycles. The molecule has 1 unspecified atom stereocenters. The van der Waals surface area contributed by atoms with Crippen molar-refractivity contribution in [2.75, 3.05) is 26.8 Å². The molecule has 1 aliphatic rings. The quantitative estimate of drug-likeness (QED) is 0.700. The first-order chi connectivity index (χ1) is 9.09. The molecule has 0 aromatic rings. The smallest absolute Gasteiger partial charge is 0.0659 e. The summed E-state index contributed by atoms with van der Waals surface area (Å²) in [5.74, 6) is 0.749. The van der Waals surface area contributed by atoms with Crippen molar-refractivity contribution < 1.29 is 4.74 Å². The van der Waals surface area contributed by atoms with Crippen LogP contribution in [0.25, 0.3) is 0 Å². The maximum absolute atomic E-state index is 6.16. The normalized spacial score (nSPS) is 20.4. The van der Waals surface area contributed by atoms with E-state index in [-0.39, 0.29) is 5.54 Å². The second-order valence-electron chi connectivity index (χ2n) is 6.53. The van der Waals surface area contributed by atoms with Crippen molar-refractivity contribution >= 4 is 0 Å². The molecule has 0 amide bonds. The SMILES string of the molecule is CCC(CN)(COC)N(CCC(C)C)C1CCCC1. The van der Waals surface area contributed by atoms with E-state index in [1.807, 2.05) is 0 Å². The Kier molecular flexibility index (Phi) is 7.33. The summed E-state index contributed by atoms with van der Waals surface area (Å²) < 4.78 is 5.51. The highest BCUT2D eigenvalue weighted by Gasteiger charge is 2.38. The van der Waals surface area contributed by atoms with E-state index in [1.165, 1.54) is 32.1 Å². The average molecular weight is 270 g/mol. The van der Waals surface area contributed by atoms with Crippen LogP contribution >= 0.6 is 0 Å². The van der Waals surface area contributed by atoms with Crippen molar-refractivity contribution in [3.8, 4) is 0 Å². The minimum atomic E-state index is 0.0403. The van der Waals surface area contributed by atoms with E-state index in [9.17, 15) is 0 Å². The van der Waals surface area contributed by atoms with Crippen LogP contribution < -0.4 is 5.73 Å². The lowest BCUT2D eigenvalue weighted by atomic mass is 9.91. The number of methoxy groups -OCH3 is 1. The third kappa shape index (κ3) is 4.44. The summed E-state index contributed by atoms with van der Waals surface area (Å²) in [5.41, 5.74) is 6.20. The van der Waals surface area contributed by atoms with E-state index in [0.717, 1.165) is 31.5 Å². The molecule has 0 heterocycles. The largest absolute Gasteiger partial charge is 0.383 e. The van der Waals surface area contributed by atoms with Crippen molar-refractivity contribution in [3.05, 3.63) is 0 Å². The van der Waals surface area contributed by atoms with Crippen LogP contribution in [-0.4, -0.2) is 43.3 Å². The summed E-state index contributed by atoms with van der Waals surface area (Å²) in [6, 6.07) is 0.720. The minimum absolute atomic E-state index is 0.0403. The van der Waals surface area contributed by atoms with E-state index in [2.05, 4.69) is 25.7 Å². The molecule has 114 valence electrons. The van der Waals surface area contributed by atoms with Crippen LogP contribution in [0.5, 0.6) is 0 Å². The Balaban J connectivity index is 2.83. The third-order valence-electron chi connectivity index (χ3n) is 4.77. The van der Waals surface area contributed by atoms with Crippen LogP contribution in [0, 0.1) is 5.92 Å². The van der Waals surface area contributed by atoms with Gasteiger partial charge in [-0.05, 0) is 38.1 Å². The fourth-order valence-corrected chi connectivity index (χ4v) is 3.40. The first kappa shape index (κ1) is 16.9. The van der Waals surface area contributed by atoms with Crippen LogP contribution in [0.2, 0.25) is 0 Å². The lowest BCUT2D eigenvalue weighted by Crippen LogP contribution is -2.60. The molecule has 19 heavy (non-hydrogen) atoms. The summed E-state index contributed by atoms with van der Waals surface area (Å²) in [6.07, 6.45) is 7.75. The molecule has 0 spiro atoms. The first-order valence-corrected chi connectivity index (χ1v) is 8.05. The topological polar surface area (TPSA) is 38.5 Å². The molecule has 3 nitrogen and oxygen atoms in total. The van der Waals surface area contributed by atoms with Crippen LogP contribution in [0.15, 0.2) is 0 Å². The number of nitrogens with zero attached hydrogens (tertiary/aromatic N) is 1. The second-order valence-corrected chi connectivity index (χ2v) is 6.53. The molecule has 0 saturated heterocycles. The van der Waals surface area contributed by atoms with Gasteiger partial charge < -0.3 is 10.5 Å². The monoisotopic (exact) mass is 270 g/mol. The molecule has 1 fully saturated rings. The Morgan fingerprint density at radius 3 is 2.37 bits per heavy atom. The van der Waals surface area contributed by atoms with Gasteiger partial charge in [0.25, 0.3) is 0 Å². The summed E-state index contributed by atoms with van der Waals surface area (Å²) in [4.78, 5) is 2.70. The predicted octanol–water partition coefficient (Wildman–Crippen LogP) is 3.03. The van der Waals surface area contributed by atoms with E-state index in [0.29, 0.717) is 6.54 Å². The van der Waals surface area contributed by atoms with Gasteiger partial charge in [0.15, 0.2) is 0 Å². The first-order valence-electron chi connectivity index (χ1n) is 8.05. The van der Waals surface area contributed by atoms with Crippen molar-refractivity contribution in [1.82, 2.24) is 4.90 Å². The summed E-state index contributed by atoms with van der Waals surface area (Å²) >= 11 is 0. The molecule has 3 heteroatoms. The van der Waals surface area contributed by atoms with Crippen LogP contribution in [0.4, 0.5) is 0 Å². The van der Waals surface area contributed by atoms with Gasteiger partial charge in [-0.2, -0.15) is 0 Å². The second kappa shape index (κ2) is 8.23. The van der Waals surface area contributed by atoms with Gasteiger partial charge in [0, 0.05) is 19.7 Å². The highest BCUT2D eigenvalue weighted by molar-refractivity contribution is 4.95. The Bertz CT molecular complexity index is 233. The maximum atomic E-state index is 6.16. The Morgan fingerprint density at radius 1 is 1.32 bits per heavy atom. The number of nitrogens with two attached hydrogens (primary N) is 1. The van der Waals surface area contributed by atoms with Gasteiger partial charge in [0.2, 0.25) is 0 Å². The van der Waals surface area contributed by atoms with Gasteiger partial charge in [-0.1, -0.05) is 33.6 Å². The molecular formula is C16H34N2O. The van der Waals surface area contributed by atoms with Crippen LogP contribution in [0.1, 0.15) is 59.3 Å². The molecule has 2 N–H and O–H groups in total. The molecule has 0 radical (unpaired) electrons. The average Bonchev–Trinajstić information content (AvgIpc) is 2.91. The van der Waals surface area contributed by atoms with E-state index in [4.69, 9.17) is 10.5 Å². The van der Waals surface area contributed by atoms with Crippen molar-refractivity contribution in [1.29, 1.82) is 0 Å². The van der Waals surface area contributed by atoms with Crippen molar-refractivity contribution in [2.45, 2.75) is 70.9 Å². The number of ether oxygens (including phenoxy) is 1. The number of hydrogen-bond donors (Lipinski definition) is 1. The molecule has 0 aromatic carbocycles. The van der Waals surface area contributed by atoms with Gasteiger partial charge in [0.1, 0.15) is 0 Å². The Labute approximate surface area is 119 Å². The molecule has 0 aliphatic heterocycles.